The van der Waals surface area contributed by atoms with Gasteiger partial charge in [0.05, 0.1) is 11.5 Å². The smallest absolute Gasteiger partial charge is 0.328 e. The quantitative estimate of drug-likeness (QED) is 0.614. The number of piperidine rings is 1. The third kappa shape index (κ3) is 3.65. The Morgan fingerprint density at radius 2 is 1.93 bits per heavy atom. The Kier molecular flexibility index (Phi) is 5.43. The monoisotopic (exact) mass is 377 g/mol. The van der Waals surface area contributed by atoms with Crippen molar-refractivity contribution in [3.8, 4) is 0 Å². The number of likely N-dealkylation sites (tertiary alicyclic amines) is 1. The Morgan fingerprint density at radius 1 is 1.30 bits per heavy atom. The van der Waals surface area contributed by atoms with Crippen LogP contribution >= 0.6 is 0 Å². The van der Waals surface area contributed by atoms with Crippen molar-refractivity contribution in [2.24, 2.45) is 0 Å². The largest absolute Gasteiger partial charge is 0.480 e. The second-order valence-electron chi connectivity index (χ2n) is 6.93. The van der Waals surface area contributed by atoms with Crippen molar-refractivity contribution in [1.29, 1.82) is 0 Å². The van der Waals surface area contributed by atoms with E-state index in [9.17, 15) is 24.8 Å². The molecule has 0 unspecified atom stereocenters. The molecule has 1 amide bonds. The summed E-state index contributed by atoms with van der Waals surface area (Å²) in [7, 11) is 0. The Morgan fingerprint density at radius 3 is 2.44 bits per heavy atom. The number of aliphatic carboxylic acids is 1. The summed E-state index contributed by atoms with van der Waals surface area (Å²) in [6.45, 7) is 4.45. The number of ether oxygens (including phenoxy) is 1. The molecule has 27 heavy (non-hydrogen) atoms. The molecule has 0 saturated carbocycles. The van der Waals surface area contributed by atoms with Crippen LogP contribution in [-0.4, -0.2) is 69.7 Å². The van der Waals surface area contributed by atoms with E-state index >= 15 is 0 Å². The molecular formula is C18H23N3O6. The SMILES string of the molecule is CCCN1CCC2(CC1)OC[C@H](C(=O)O)N2C(=O)c1ccc([N+](=O)[O-])cc1. The molecule has 146 valence electrons. The molecule has 1 spiro atoms. The summed E-state index contributed by atoms with van der Waals surface area (Å²) in [5, 5.41) is 20.4. The second kappa shape index (κ2) is 7.61. The fourth-order valence-corrected chi connectivity index (χ4v) is 3.86. The molecule has 2 aliphatic rings. The first-order valence-corrected chi connectivity index (χ1v) is 9.05. The van der Waals surface area contributed by atoms with Crippen molar-refractivity contribution in [1.82, 2.24) is 9.80 Å². The van der Waals surface area contributed by atoms with Crippen LogP contribution in [0.2, 0.25) is 0 Å². The van der Waals surface area contributed by atoms with E-state index in [1.807, 2.05) is 0 Å². The van der Waals surface area contributed by atoms with Crippen LogP contribution in [0.1, 0.15) is 36.5 Å². The topological polar surface area (TPSA) is 113 Å². The minimum atomic E-state index is -1.11. The zero-order chi connectivity index (χ0) is 19.6. The van der Waals surface area contributed by atoms with Gasteiger partial charge in [0.2, 0.25) is 0 Å². The van der Waals surface area contributed by atoms with Gasteiger partial charge in [-0.05, 0) is 25.1 Å². The summed E-state index contributed by atoms with van der Waals surface area (Å²) in [4.78, 5) is 38.7. The summed E-state index contributed by atoms with van der Waals surface area (Å²) in [5.41, 5.74) is -0.846. The maximum atomic E-state index is 13.1. The molecule has 0 aromatic heterocycles. The molecule has 2 saturated heterocycles. The number of amides is 1. The van der Waals surface area contributed by atoms with Gasteiger partial charge in [-0.3, -0.25) is 19.8 Å². The van der Waals surface area contributed by atoms with Crippen molar-refractivity contribution in [2.75, 3.05) is 26.2 Å². The number of nitro groups is 1. The van der Waals surface area contributed by atoms with Crippen LogP contribution in [0.3, 0.4) is 0 Å². The minimum absolute atomic E-state index is 0.0537. The average molecular weight is 377 g/mol. The van der Waals surface area contributed by atoms with Gasteiger partial charge in [-0.1, -0.05) is 6.92 Å². The van der Waals surface area contributed by atoms with E-state index < -0.39 is 28.6 Å². The van der Waals surface area contributed by atoms with Gasteiger partial charge >= 0.3 is 5.97 Å². The average Bonchev–Trinajstić information content (AvgIpc) is 3.02. The zero-order valence-corrected chi connectivity index (χ0v) is 15.2. The van der Waals surface area contributed by atoms with E-state index in [1.165, 1.54) is 29.2 Å². The molecule has 1 aromatic rings. The van der Waals surface area contributed by atoms with E-state index in [2.05, 4.69) is 11.8 Å². The predicted octanol–water partition coefficient (Wildman–Crippen LogP) is 1.72. The van der Waals surface area contributed by atoms with Crippen molar-refractivity contribution >= 4 is 17.6 Å². The van der Waals surface area contributed by atoms with Crippen molar-refractivity contribution in [2.45, 2.75) is 38.0 Å². The molecule has 9 heteroatoms. The summed E-state index contributed by atoms with van der Waals surface area (Å²) in [6, 6.07) is 4.15. The highest BCUT2D eigenvalue weighted by Crippen LogP contribution is 2.38. The minimum Gasteiger partial charge on any atom is -0.480 e. The Hall–Kier alpha value is -2.52. The van der Waals surface area contributed by atoms with Crippen molar-refractivity contribution in [3.63, 3.8) is 0 Å². The van der Waals surface area contributed by atoms with Crippen LogP contribution < -0.4 is 0 Å². The lowest BCUT2D eigenvalue weighted by Gasteiger charge is -2.44. The fraction of sp³-hybridized carbons (Fsp3) is 0.556. The number of benzene rings is 1. The van der Waals surface area contributed by atoms with Crippen LogP contribution in [0, 0.1) is 10.1 Å². The molecule has 0 radical (unpaired) electrons. The fourth-order valence-electron chi connectivity index (χ4n) is 3.86. The molecule has 1 N–H and O–H groups in total. The summed E-state index contributed by atoms with van der Waals surface area (Å²) in [5.74, 6) is -1.59. The van der Waals surface area contributed by atoms with E-state index in [0.717, 1.165) is 26.1 Å². The lowest BCUT2D eigenvalue weighted by atomic mass is 9.96. The number of hydrogen-bond donors (Lipinski definition) is 1. The third-order valence-corrected chi connectivity index (χ3v) is 5.27. The number of carbonyl (C=O) groups is 2. The molecule has 2 fully saturated rings. The molecule has 0 bridgehead atoms. The number of non-ortho nitro benzene ring substituents is 1. The van der Waals surface area contributed by atoms with Crippen LogP contribution in [0.25, 0.3) is 0 Å². The van der Waals surface area contributed by atoms with Gasteiger partial charge in [-0.2, -0.15) is 0 Å². The highest BCUT2D eigenvalue weighted by molar-refractivity contribution is 5.97. The lowest BCUT2D eigenvalue weighted by molar-refractivity contribution is -0.384. The van der Waals surface area contributed by atoms with Gasteiger partial charge < -0.3 is 14.7 Å². The molecule has 1 aromatic carbocycles. The number of nitro benzene ring substituents is 1. The Labute approximate surface area is 156 Å². The highest BCUT2D eigenvalue weighted by atomic mass is 16.6. The molecule has 1 atom stereocenters. The van der Waals surface area contributed by atoms with Crippen LogP contribution in [0.4, 0.5) is 5.69 Å². The standard InChI is InChI=1S/C18H23N3O6/c1-2-9-19-10-7-18(8-11-19)20(15(12-27-18)17(23)24)16(22)13-3-5-14(6-4-13)21(25)26/h3-6,15H,2,7-12H2,1H3,(H,23,24)/t15-/m1/s1. The van der Waals surface area contributed by atoms with Gasteiger partial charge in [-0.15, -0.1) is 0 Å². The van der Waals surface area contributed by atoms with Gasteiger partial charge in [0.15, 0.2) is 6.04 Å². The molecule has 2 heterocycles. The van der Waals surface area contributed by atoms with Crippen molar-refractivity contribution in [3.05, 3.63) is 39.9 Å². The lowest BCUT2D eigenvalue weighted by Crippen LogP contribution is -2.58. The van der Waals surface area contributed by atoms with E-state index in [0.29, 0.717) is 12.8 Å². The first-order valence-electron chi connectivity index (χ1n) is 9.05. The van der Waals surface area contributed by atoms with Crippen LogP contribution in [0.5, 0.6) is 0 Å². The van der Waals surface area contributed by atoms with E-state index in [4.69, 9.17) is 4.74 Å². The maximum Gasteiger partial charge on any atom is 0.328 e. The number of rotatable bonds is 5. The van der Waals surface area contributed by atoms with Gasteiger partial charge in [0, 0.05) is 43.6 Å². The van der Waals surface area contributed by atoms with Gasteiger partial charge in [-0.25, -0.2) is 4.79 Å². The number of nitrogens with zero attached hydrogens (tertiary/aromatic N) is 3. The summed E-state index contributed by atoms with van der Waals surface area (Å²) < 4.78 is 5.89. The number of carboxylic acids is 1. The molecular weight excluding hydrogens is 354 g/mol. The first-order chi connectivity index (χ1) is 12.9. The second-order valence-corrected chi connectivity index (χ2v) is 6.93. The first kappa shape index (κ1) is 19.2. The number of carboxylic acid groups (broad SMARTS) is 1. The Balaban J connectivity index is 1.86. The number of carbonyl (C=O) groups excluding carboxylic acids is 1. The Bertz CT molecular complexity index is 727. The third-order valence-electron chi connectivity index (χ3n) is 5.27. The van der Waals surface area contributed by atoms with Crippen LogP contribution in [-0.2, 0) is 9.53 Å². The normalized spacial score (nSPS) is 22.1. The van der Waals surface area contributed by atoms with Gasteiger partial charge in [0.25, 0.3) is 11.6 Å². The van der Waals surface area contributed by atoms with E-state index in [1.54, 1.807) is 0 Å². The molecule has 9 nitrogen and oxygen atoms in total. The van der Waals surface area contributed by atoms with Crippen LogP contribution in [0.15, 0.2) is 24.3 Å². The highest BCUT2D eigenvalue weighted by Gasteiger charge is 2.53. The van der Waals surface area contributed by atoms with Gasteiger partial charge in [0.1, 0.15) is 5.72 Å². The summed E-state index contributed by atoms with van der Waals surface area (Å²) >= 11 is 0. The molecule has 0 aliphatic carbocycles. The molecule has 3 rings (SSSR count). The van der Waals surface area contributed by atoms with Crippen molar-refractivity contribution < 1.29 is 24.4 Å². The number of hydrogen-bond acceptors (Lipinski definition) is 6. The zero-order valence-electron chi connectivity index (χ0n) is 15.2. The summed E-state index contributed by atoms with van der Waals surface area (Å²) in [6.07, 6.45) is 2.10. The maximum absolute atomic E-state index is 13.1. The molecule has 2 aliphatic heterocycles. The van der Waals surface area contributed by atoms with E-state index in [-0.39, 0.29) is 17.9 Å². The predicted molar refractivity (Wildman–Crippen MR) is 95.3 cm³/mol.